The van der Waals surface area contributed by atoms with Gasteiger partial charge in [0.1, 0.15) is 5.76 Å². The molecule has 0 aliphatic heterocycles. The summed E-state index contributed by atoms with van der Waals surface area (Å²) in [6.07, 6.45) is -0.905. The minimum atomic E-state index is -0.813. The first kappa shape index (κ1) is 17.9. The van der Waals surface area contributed by atoms with Gasteiger partial charge in [-0.15, -0.1) is 0 Å². The molecule has 1 fully saturated rings. The molecular formula is C15H24N2O6. The van der Waals surface area contributed by atoms with Crippen molar-refractivity contribution in [3.63, 3.8) is 0 Å². The quantitative estimate of drug-likeness (QED) is 0.570. The fourth-order valence-corrected chi connectivity index (χ4v) is 2.82. The van der Waals surface area contributed by atoms with Crippen LogP contribution < -0.4 is 5.32 Å². The molecule has 1 aliphatic carbocycles. The number of rotatable bonds is 8. The first-order chi connectivity index (χ1) is 11.0. The number of hydrogen-bond acceptors (Lipinski definition) is 7. The van der Waals surface area contributed by atoms with Gasteiger partial charge in [-0.1, -0.05) is 5.16 Å². The van der Waals surface area contributed by atoms with Crippen LogP contribution in [0.3, 0.4) is 0 Å². The van der Waals surface area contributed by atoms with Crippen LogP contribution in [0.2, 0.25) is 0 Å². The van der Waals surface area contributed by atoms with E-state index in [4.69, 9.17) is 14.0 Å². The maximum absolute atomic E-state index is 12.1. The Morgan fingerprint density at radius 2 is 2.13 bits per heavy atom. The average molecular weight is 328 g/mol. The van der Waals surface area contributed by atoms with Crippen LogP contribution in [0, 0.1) is 12.3 Å². The van der Waals surface area contributed by atoms with Crippen molar-refractivity contribution in [1.29, 1.82) is 0 Å². The van der Waals surface area contributed by atoms with E-state index in [0.29, 0.717) is 38.4 Å². The maximum Gasteiger partial charge on any atom is 0.273 e. The van der Waals surface area contributed by atoms with Gasteiger partial charge in [0, 0.05) is 25.1 Å². The summed E-state index contributed by atoms with van der Waals surface area (Å²) in [5.74, 6) is 0.202. The molecule has 3 N–H and O–H groups in total. The topological polar surface area (TPSA) is 114 Å². The van der Waals surface area contributed by atoms with Crippen LogP contribution in [0.5, 0.6) is 0 Å². The second kappa shape index (κ2) is 7.87. The lowest BCUT2D eigenvalue weighted by molar-refractivity contribution is 0.0113. The van der Waals surface area contributed by atoms with Gasteiger partial charge in [-0.05, 0) is 19.8 Å². The van der Waals surface area contributed by atoms with E-state index < -0.39 is 17.6 Å². The number of amides is 1. The van der Waals surface area contributed by atoms with Crippen molar-refractivity contribution in [2.75, 3.05) is 33.5 Å². The monoisotopic (exact) mass is 328 g/mol. The molecule has 2 rings (SSSR count). The number of aromatic nitrogens is 1. The Balaban J connectivity index is 1.93. The fourth-order valence-electron chi connectivity index (χ4n) is 2.82. The fraction of sp³-hybridized carbons (Fsp3) is 0.733. The summed E-state index contributed by atoms with van der Waals surface area (Å²) in [6.45, 7) is 3.19. The molecule has 130 valence electrons. The Kier molecular flexibility index (Phi) is 6.11. The molecule has 0 aromatic carbocycles. The van der Waals surface area contributed by atoms with Crippen molar-refractivity contribution < 1.29 is 29.0 Å². The second-order valence-corrected chi connectivity index (χ2v) is 6.09. The van der Waals surface area contributed by atoms with Gasteiger partial charge in [-0.2, -0.15) is 0 Å². The van der Waals surface area contributed by atoms with Crippen LogP contribution in [-0.2, 0) is 9.47 Å². The standard InChI is InChI=1S/C15H24N2O6/c1-10-5-11(17-23-10)14(20)16-8-15(9-22-4-3-21-2)6-12(18)13(19)7-15/h5,12-13,18-19H,3-4,6-9H2,1-2H3,(H,16,20)/t12-,13+,15?. The van der Waals surface area contributed by atoms with E-state index in [1.54, 1.807) is 20.1 Å². The zero-order valence-corrected chi connectivity index (χ0v) is 13.4. The molecule has 1 heterocycles. The molecule has 0 saturated heterocycles. The van der Waals surface area contributed by atoms with E-state index >= 15 is 0 Å². The molecule has 8 heteroatoms. The summed E-state index contributed by atoms with van der Waals surface area (Å²) in [5, 5.41) is 26.2. The Hall–Kier alpha value is -1.48. The third-order valence-electron chi connectivity index (χ3n) is 4.05. The lowest BCUT2D eigenvalue weighted by atomic mass is 9.86. The zero-order chi connectivity index (χ0) is 16.9. The highest BCUT2D eigenvalue weighted by Crippen LogP contribution is 2.38. The largest absolute Gasteiger partial charge is 0.390 e. The van der Waals surface area contributed by atoms with Crippen LogP contribution in [0.4, 0.5) is 0 Å². The van der Waals surface area contributed by atoms with Gasteiger partial charge in [0.2, 0.25) is 0 Å². The molecule has 1 amide bonds. The van der Waals surface area contributed by atoms with Gasteiger partial charge in [-0.3, -0.25) is 4.79 Å². The molecule has 1 aliphatic rings. The van der Waals surface area contributed by atoms with E-state index in [1.165, 1.54) is 0 Å². The van der Waals surface area contributed by atoms with Crippen molar-refractivity contribution in [1.82, 2.24) is 10.5 Å². The number of aliphatic hydroxyl groups excluding tert-OH is 2. The third kappa shape index (κ3) is 4.74. The average Bonchev–Trinajstić information content (AvgIpc) is 3.06. The summed E-state index contributed by atoms with van der Waals surface area (Å²) >= 11 is 0. The number of aryl methyl sites for hydroxylation is 1. The Labute approximate surface area is 134 Å². The van der Waals surface area contributed by atoms with Crippen molar-refractivity contribution in [2.45, 2.75) is 32.0 Å². The number of carbonyl (C=O) groups excluding carboxylic acids is 1. The number of carbonyl (C=O) groups is 1. The first-order valence-corrected chi connectivity index (χ1v) is 7.60. The van der Waals surface area contributed by atoms with Gasteiger partial charge >= 0.3 is 0 Å². The molecule has 0 spiro atoms. The molecular weight excluding hydrogens is 304 g/mol. The Morgan fingerprint density at radius 3 is 2.70 bits per heavy atom. The lowest BCUT2D eigenvalue weighted by Crippen LogP contribution is -2.40. The SMILES string of the molecule is COCCOCC1(CNC(=O)c2cc(C)on2)C[C@@H](O)[C@@H](O)C1. The minimum Gasteiger partial charge on any atom is -0.390 e. The van der Waals surface area contributed by atoms with Crippen LogP contribution >= 0.6 is 0 Å². The van der Waals surface area contributed by atoms with Gasteiger partial charge in [0.05, 0.1) is 32.0 Å². The van der Waals surface area contributed by atoms with Crippen molar-refractivity contribution >= 4 is 5.91 Å². The van der Waals surface area contributed by atoms with Crippen LogP contribution in [0.1, 0.15) is 29.1 Å². The summed E-state index contributed by atoms with van der Waals surface area (Å²) in [7, 11) is 1.59. The summed E-state index contributed by atoms with van der Waals surface area (Å²) in [6, 6.07) is 1.55. The molecule has 23 heavy (non-hydrogen) atoms. The van der Waals surface area contributed by atoms with E-state index in [2.05, 4.69) is 10.5 Å². The van der Waals surface area contributed by atoms with Gasteiger partial charge in [0.15, 0.2) is 5.69 Å². The molecule has 1 aromatic rings. The highest BCUT2D eigenvalue weighted by atomic mass is 16.5. The summed E-state index contributed by atoms with van der Waals surface area (Å²) < 4.78 is 15.4. The van der Waals surface area contributed by atoms with E-state index in [-0.39, 0.29) is 18.1 Å². The number of methoxy groups -OCH3 is 1. The van der Waals surface area contributed by atoms with Gasteiger partial charge in [-0.25, -0.2) is 0 Å². The molecule has 0 radical (unpaired) electrons. The van der Waals surface area contributed by atoms with Crippen molar-refractivity contribution in [3.05, 3.63) is 17.5 Å². The molecule has 1 unspecified atom stereocenters. The van der Waals surface area contributed by atoms with E-state index in [9.17, 15) is 15.0 Å². The minimum absolute atomic E-state index is 0.206. The molecule has 8 nitrogen and oxygen atoms in total. The van der Waals surface area contributed by atoms with Gasteiger partial charge < -0.3 is 29.5 Å². The Morgan fingerprint density at radius 1 is 1.43 bits per heavy atom. The number of nitrogens with zero attached hydrogens (tertiary/aromatic N) is 1. The normalized spacial score (nSPS) is 27.3. The van der Waals surface area contributed by atoms with Gasteiger partial charge in [0.25, 0.3) is 5.91 Å². The molecule has 1 aromatic heterocycles. The highest BCUT2D eigenvalue weighted by molar-refractivity contribution is 5.92. The second-order valence-electron chi connectivity index (χ2n) is 6.09. The Bertz CT molecular complexity index is 508. The number of nitrogens with one attached hydrogen (secondary N) is 1. The molecule has 3 atom stereocenters. The van der Waals surface area contributed by atoms with Crippen LogP contribution in [-0.4, -0.2) is 67.0 Å². The number of hydrogen-bond donors (Lipinski definition) is 3. The van der Waals surface area contributed by atoms with Crippen molar-refractivity contribution in [3.8, 4) is 0 Å². The highest BCUT2D eigenvalue weighted by Gasteiger charge is 2.44. The van der Waals surface area contributed by atoms with Crippen LogP contribution in [0.25, 0.3) is 0 Å². The van der Waals surface area contributed by atoms with Crippen LogP contribution in [0.15, 0.2) is 10.6 Å². The predicted octanol–water partition coefficient (Wildman–Crippen LogP) is -0.122. The predicted molar refractivity (Wildman–Crippen MR) is 79.9 cm³/mol. The molecule has 1 saturated carbocycles. The maximum atomic E-state index is 12.1. The number of ether oxygens (including phenoxy) is 2. The van der Waals surface area contributed by atoms with E-state index in [1.807, 2.05) is 0 Å². The lowest BCUT2D eigenvalue weighted by Gasteiger charge is -2.28. The molecule has 0 bridgehead atoms. The smallest absolute Gasteiger partial charge is 0.273 e. The third-order valence-corrected chi connectivity index (χ3v) is 4.05. The number of aliphatic hydroxyl groups is 2. The zero-order valence-electron chi connectivity index (χ0n) is 13.4. The van der Waals surface area contributed by atoms with Crippen molar-refractivity contribution in [2.24, 2.45) is 5.41 Å². The summed E-state index contributed by atoms with van der Waals surface area (Å²) in [4.78, 5) is 12.1. The summed E-state index contributed by atoms with van der Waals surface area (Å²) in [5.41, 5.74) is -0.307. The van der Waals surface area contributed by atoms with E-state index in [0.717, 1.165) is 0 Å². The first-order valence-electron chi connectivity index (χ1n) is 7.60.